The van der Waals surface area contributed by atoms with Gasteiger partial charge in [-0.3, -0.25) is 5.32 Å². The third kappa shape index (κ3) is 5.87. The number of benzene rings is 1. The molecule has 1 aromatic carbocycles. The molecular weight excluding hydrogens is 260 g/mol. The van der Waals surface area contributed by atoms with Crippen LogP contribution in [0.15, 0.2) is 30.3 Å². The number of nitrogens with zero attached hydrogens (tertiary/aromatic N) is 1. The van der Waals surface area contributed by atoms with Crippen molar-refractivity contribution in [3.63, 3.8) is 0 Å². The lowest BCUT2D eigenvalue weighted by Gasteiger charge is -2.31. The summed E-state index contributed by atoms with van der Waals surface area (Å²) in [5, 5.41) is 13.1. The summed E-state index contributed by atoms with van der Waals surface area (Å²) in [4.78, 5) is 0. The second kappa shape index (κ2) is 7.59. The van der Waals surface area contributed by atoms with Crippen molar-refractivity contribution in [2.45, 2.75) is 52.6 Å². The third-order valence-corrected chi connectivity index (χ3v) is 3.31. The highest BCUT2D eigenvalue weighted by Crippen LogP contribution is 2.23. The Hall–Kier alpha value is -1.37. The van der Waals surface area contributed by atoms with Crippen molar-refractivity contribution >= 4 is 0 Å². The summed E-state index contributed by atoms with van der Waals surface area (Å²) >= 11 is 0. The summed E-state index contributed by atoms with van der Waals surface area (Å²) in [6.45, 7) is 11.7. The molecule has 0 radical (unpaired) electrons. The number of rotatable bonds is 7. The molecule has 0 amide bonds. The highest BCUT2D eigenvalue weighted by molar-refractivity contribution is 5.31. The molecule has 0 heterocycles. The standard InChI is InChI=1S/C18H28N2O/c1-15(2)20-18(13-19,16-9-7-6-8-10-16)14-21-12-11-17(3,4)5/h6-10,15,20H,11-12,14H2,1-5H3. The van der Waals surface area contributed by atoms with Crippen LogP contribution in [0.4, 0.5) is 0 Å². The van der Waals surface area contributed by atoms with Crippen LogP contribution in [0.1, 0.15) is 46.6 Å². The number of hydrogen-bond acceptors (Lipinski definition) is 3. The van der Waals surface area contributed by atoms with Crippen LogP contribution >= 0.6 is 0 Å². The van der Waals surface area contributed by atoms with Crippen LogP contribution in [0.2, 0.25) is 0 Å². The van der Waals surface area contributed by atoms with Gasteiger partial charge in [0.2, 0.25) is 0 Å². The maximum atomic E-state index is 9.75. The van der Waals surface area contributed by atoms with E-state index in [0.29, 0.717) is 13.2 Å². The molecule has 1 N–H and O–H groups in total. The zero-order chi connectivity index (χ0) is 15.9. The van der Waals surface area contributed by atoms with Gasteiger partial charge >= 0.3 is 0 Å². The van der Waals surface area contributed by atoms with Gasteiger partial charge in [-0.15, -0.1) is 0 Å². The van der Waals surface area contributed by atoms with Gasteiger partial charge in [-0.05, 0) is 31.2 Å². The van der Waals surface area contributed by atoms with E-state index in [1.807, 2.05) is 44.2 Å². The Labute approximate surface area is 129 Å². The van der Waals surface area contributed by atoms with E-state index in [4.69, 9.17) is 4.74 Å². The monoisotopic (exact) mass is 288 g/mol. The van der Waals surface area contributed by atoms with Crippen LogP contribution in [-0.4, -0.2) is 19.3 Å². The van der Waals surface area contributed by atoms with Crippen molar-refractivity contribution in [1.29, 1.82) is 5.26 Å². The van der Waals surface area contributed by atoms with Gasteiger partial charge in [0.25, 0.3) is 0 Å². The molecule has 116 valence electrons. The lowest BCUT2D eigenvalue weighted by Crippen LogP contribution is -2.48. The lowest BCUT2D eigenvalue weighted by molar-refractivity contribution is 0.0679. The Kier molecular flexibility index (Phi) is 6.39. The van der Waals surface area contributed by atoms with E-state index < -0.39 is 5.54 Å². The quantitative estimate of drug-likeness (QED) is 0.775. The molecule has 0 bridgehead atoms. The maximum absolute atomic E-state index is 9.75. The zero-order valence-corrected chi connectivity index (χ0v) is 13.9. The van der Waals surface area contributed by atoms with E-state index in [1.165, 1.54) is 0 Å². The first-order valence-electron chi connectivity index (χ1n) is 7.61. The molecule has 0 aromatic heterocycles. The molecule has 0 spiro atoms. The SMILES string of the molecule is CC(C)NC(C#N)(COCCC(C)(C)C)c1ccccc1. The number of hydrogen-bond donors (Lipinski definition) is 1. The molecule has 3 heteroatoms. The van der Waals surface area contributed by atoms with Gasteiger partial charge in [-0.2, -0.15) is 5.26 Å². The fraction of sp³-hybridized carbons (Fsp3) is 0.611. The average Bonchev–Trinajstić information content (AvgIpc) is 2.42. The van der Waals surface area contributed by atoms with Crippen LogP contribution < -0.4 is 5.32 Å². The van der Waals surface area contributed by atoms with Crippen molar-refractivity contribution in [2.75, 3.05) is 13.2 Å². The van der Waals surface area contributed by atoms with E-state index in [1.54, 1.807) is 0 Å². The Morgan fingerprint density at radius 2 is 1.81 bits per heavy atom. The summed E-state index contributed by atoms with van der Waals surface area (Å²) < 4.78 is 5.84. The van der Waals surface area contributed by atoms with Crippen LogP contribution in [0.3, 0.4) is 0 Å². The van der Waals surface area contributed by atoms with E-state index in [-0.39, 0.29) is 11.5 Å². The van der Waals surface area contributed by atoms with Crippen LogP contribution in [0, 0.1) is 16.7 Å². The predicted octanol–water partition coefficient (Wildman–Crippen LogP) is 3.86. The first-order chi connectivity index (χ1) is 9.79. The van der Waals surface area contributed by atoms with Gasteiger partial charge in [0.05, 0.1) is 12.7 Å². The lowest BCUT2D eigenvalue weighted by atomic mass is 9.91. The Morgan fingerprint density at radius 1 is 1.19 bits per heavy atom. The van der Waals surface area contributed by atoms with Gasteiger partial charge in [0.1, 0.15) is 0 Å². The minimum absolute atomic E-state index is 0.205. The highest BCUT2D eigenvalue weighted by Gasteiger charge is 2.33. The second-order valence-electron chi connectivity index (χ2n) is 7.05. The Balaban J connectivity index is 2.81. The molecule has 0 fully saturated rings. The Morgan fingerprint density at radius 3 is 2.29 bits per heavy atom. The molecule has 1 rings (SSSR count). The summed E-state index contributed by atoms with van der Waals surface area (Å²) in [6.07, 6.45) is 0.977. The van der Waals surface area contributed by atoms with Crippen LogP contribution in [-0.2, 0) is 10.3 Å². The van der Waals surface area contributed by atoms with Crippen molar-refractivity contribution < 1.29 is 4.74 Å². The molecule has 3 nitrogen and oxygen atoms in total. The number of nitriles is 1. The number of nitrogens with one attached hydrogen (secondary N) is 1. The summed E-state index contributed by atoms with van der Waals surface area (Å²) in [5.74, 6) is 0. The minimum Gasteiger partial charge on any atom is -0.378 e. The molecule has 21 heavy (non-hydrogen) atoms. The zero-order valence-electron chi connectivity index (χ0n) is 13.9. The molecule has 0 aliphatic heterocycles. The summed E-state index contributed by atoms with van der Waals surface area (Å²) in [5.41, 5.74) is 0.415. The van der Waals surface area contributed by atoms with Crippen molar-refractivity contribution in [3.05, 3.63) is 35.9 Å². The molecule has 0 aliphatic rings. The van der Waals surface area contributed by atoms with Crippen molar-refractivity contribution in [3.8, 4) is 6.07 Å². The third-order valence-electron chi connectivity index (χ3n) is 3.31. The average molecular weight is 288 g/mol. The predicted molar refractivity (Wildman–Crippen MR) is 86.9 cm³/mol. The van der Waals surface area contributed by atoms with Crippen molar-refractivity contribution in [2.24, 2.45) is 5.41 Å². The first-order valence-corrected chi connectivity index (χ1v) is 7.61. The van der Waals surface area contributed by atoms with Gasteiger partial charge in [0, 0.05) is 12.6 Å². The smallest absolute Gasteiger partial charge is 0.156 e. The van der Waals surface area contributed by atoms with Gasteiger partial charge in [-0.25, -0.2) is 0 Å². The van der Waals surface area contributed by atoms with E-state index in [9.17, 15) is 5.26 Å². The fourth-order valence-corrected chi connectivity index (χ4v) is 2.16. The summed E-state index contributed by atoms with van der Waals surface area (Å²) in [6, 6.07) is 12.5. The molecule has 1 atom stereocenters. The molecule has 0 aliphatic carbocycles. The van der Waals surface area contributed by atoms with Crippen molar-refractivity contribution in [1.82, 2.24) is 5.32 Å². The molecule has 1 aromatic rings. The topological polar surface area (TPSA) is 45.0 Å². The van der Waals surface area contributed by atoms with Crippen LogP contribution in [0.25, 0.3) is 0 Å². The summed E-state index contributed by atoms with van der Waals surface area (Å²) in [7, 11) is 0. The molecule has 0 saturated carbocycles. The van der Waals surface area contributed by atoms with Gasteiger partial charge in [-0.1, -0.05) is 51.1 Å². The second-order valence-corrected chi connectivity index (χ2v) is 7.05. The highest BCUT2D eigenvalue weighted by atomic mass is 16.5. The van der Waals surface area contributed by atoms with Gasteiger partial charge < -0.3 is 4.74 Å². The van der Waals surface area contributed by atoms with Gasteiger partial charge in [0.15, 0.2) is 5.54 Å². The fourth-order valence-electron chi connectivity index (χ4n) is 2.16. The van der Waals surface area contributed by atoms with E-state index >= 15 is 0 Å². The van der Waals surface area contributed by atoms with E-state index in [2.05, 4.69) is 32.2 Å². The molecule has 1 unspecified atom stereocenters. The molecule has 0 saturated heterocycles. The number of ether oxygens (including phenoxy) is 1. The minimum atomic E-state index is -0.784. The Bertz CT molecular complexity index is 456. The molecular formula is C18H28N2O. The first kappa shape index (κ1) is 17.7. The maximum Gasteiger partial charge on any atom is 0.156 e. The van der Waals surface area contributed by atoms with Crippen LogP contribution in [0.5, 0.6) is 0 Å². The normalized spacial score (nSPS) is 14.7. The largest absolute Gasteiger partial charge is 0.378 e. The van der Waals surface area contributed by atoms with E-state index in [0.717, 1.165) is 12.0 Å².